The average Bonchev–Trinajstić information content (AvgIpc) is 3.20. The smallest absolute Gasteiger partial charge is 0.262 e. The lowest BCUT2D eigenvalue weighted by Gasteiger charge is -2.15. The molecule has 7 heteroatoms. The van der Waals surface area contributed by atoms with Gasteiger partial charge in [-0.3, -0.25) is 4.72 Å². The van der Waals surface area contributed by atoms with E-state index >= 15 is 0 Å². The van der Waals surface area contributed by atoms with Crippen molar-refractivity contribution in [2.75, 3.05) is 11.8 Å². The number of hydrogen-bond donors (Lipinski definition) is 1. The van der Waals surface area contributed by atoms with Crippen LogP contribution in [0.2, 0.25) is 0 Å². The highest BCUT2D eigenvalue weighted by atomic mass is 32.2. The van der Waals surface area contributed by atoms with Crippen LogP contribution in [0.1, 0.15) is 5.69 Å². The normalized spacial score (nSPS) is 11.3. The zero-order valence-corrected chi connectivity index (χ0v) is 17.4. The number of nitrogens with zero attached hydrogens (tertiary/aromatic N) is 2. The Labute approximate surface area is 175 Å². The minimum Gasteiger partial charge on any atom is -0.494 e. The van der Waals surface area contributed by atoms with Crippen molar-refractivity contribution < 1.29 is 13.2 Å². The molecule has 0 radical (unpaired) electrons. The molecule has 0 fully saturated rings. The molecule has 152 valence electrons. The molecule has 0 atom stereocenters. The maximum atomic E-state index is 13.2. The van der Waals surface area contributed by atoms with E-state index in [1.54, 1.807) is 49.8 Å². The molecule has 0 aliphatic carbocycles. The number of hydrogen-bond acceptors (Lipinski definition) is 4. The number of rotatable bonds is 6. The van der Waals surface area contributed by atoms with E-state index in [4.69, 9.17) is 4.74 Å². The van der Waals surface area contributed by atoms with Crippen LogP contribution in [0.5, 0.6) is 5.75 Å². The summed E-state index contributed by atoms with van der Waals surface area (Å²) in [5.74, 6) is 0.531. The molecule has 30 heavy (non-hydrogen) atoms. The Hall–Kier alpha value is -3.58. The molecule has 0 aliphatic rings. The van der Waals surface area contributed by atoms with Gasteiger partial charge < -0.3 is 9.30 Å². The monoisotopic (exact) mass is 419 g/mol. The number of ether oxygens (including phenoxy) is 1. The lowest BCUT2D eigenvalue weighted by Crippen LogP contribution is -2.14. The summed E-state index contributed by atoms with van der Waals surface area (Å²) in [7, 11) is -2.27. The number of imidazole rings is 1. The number of aromatic nitrogens is 2. The zero-order chi connectivity index (χ0) is 21.1. The molecule has 0 amide bonds. The van der Waals surface area contributed by atoms with Crippen molar-refractivity contribution in [1.29, 1.82) is 0 Å². The third-order valence-electron chi connectivity index (χ3n) is 4.68. The van der Waals surface area contributed by atoms with Gasteiger partial charge in [-0.2, -0.15) is 0 Å². The minimum atomic E-state index is -3.82. The van der Waals surface area contributed by atoms with E-state index in [9.17, 15) is 8.42 Å². The Kier molecular flexibility index (Phi) is 5.29. The summed E-state index contributed by atoms with van der Waals surface area (Å²) in [6, 6.07) is 21.5. The summed E-state index contributed by atoms with van der Waals surface area (Å²) in [5, 5.41) is 0. The van der Waals surface area contributed by atoms with Crippen LogP contribution < -0.4 is 9.46 Å². The molecule has 3 aromatic carbocycles. The number of methoxy groups -OCH3 is 1. The van der Waals surface area contributed by atoms with E-state index in [2.05, 4.69) is 9.71 Å². The number of sulfonamides is 1. The van der Waals surface area contributed by atoms with E-state index in [1.807, 2.05) is 54.1 Å². The van der Waals surface area contributed by atoms with Gasteiger partial charge in [-0.15, -0.1) is 0 Å². The van der Waals surface area contributed by atoms with Crippen molar-refractivity contribution in [1.82, 2.24) is 9.55 Å². The average molecular weight is 420 g/mol. The lowest BCUT2D eigenvalue weighted by molar-refractivity contribution is 0.413. The summed E-state index contributed by atoms with van der Waals surface area (Å²) in [6.45, 7) is 1.90. The predicted molar refractivity (Wildman–Crippen MR) is 118 cm³/mol. The van der Waals surface area contributed by atoms with E-state index in [0.29, 0.717) is 17.0 Å². The Morgan fingerprint density at radius 2 is 1.70 bits per heavy atom. The third-order valence-corrected chi connectivity index (χ3v) is 6.12. The van der Waals surface area contributed by atoms with Gasteiger partial charge in [-0.1, -0.05) is 48.5 Å². The Bertz CT molecular complexity index is 1280. The van der Waals surface area contributed by atoms with Gasteiger partial charge >= 0.3 is 0 Å². The Balaban J connectivity index is 1.70. The van der Waals surface area contributed by atoms with Crippen molar-refractivity contribution in [2.24, 2.45) is 0 Å². The maximum absolute atomic E-state index is 13.2. The molecule has 4 aromatic rings. The van der Waals surface area contributed by atoms with Gasteiger partial charge in [0, 0.05) is 17.8 Å². The summed E-state index contributed by atoms with van der Waals surface area (Å²) in [4.78, 5) is 4.44. The van der Waals surface area contributed by atoms with Crippen molar-refractivity contribution in [3.63, 3.8) is 0 Å². The molecular formula is C23H21N3O3S. The first-order chi connectivity index (χ1) is 14.5. The van der Waals surface area contributed by atoms with Crippen LogP contribution in [0.25, 0.3) is 16.8 Å². The molecule has 0 saturated heterocycles. The highest BCUT2D eigenvalue weighted by Crippen LogP contribution is 2.31. The predicted octanol–water partition coefficient (Wildman–Crippen LogP) is 4.66. The Morgan fingerprint density at radius 1 is 0.967 bits per heavy atom. The molecule has 1 heterocycles. The van der Waals surface area contributed by atoms with Crippen LogP contribution in [0.15, 0.2) is 90.2 Å². The molecule has 0 spiro atoms. The first kappa shape index (κ1) is 19.7. The topological polar surface area (TPSA) is 73.2 Å². The van der Waals surface area contributed by atoms with E-state index in [1.165, 1.54) is 0 Å². The van der Waals surface area contributed by atoms with Crippen LogP contribution >= 0.6 is 0 Å². The van der Waals surface area contributed by atoms with E-state index in [0.717, 1.165) is 16.9 Å². The molecular weight excluding hydrogens is 398 g/mol. The molecule has 1 aromatic heterocycles. The number of nitrogens with one attached hydrogen (secondary N) is 1. The van der Waals surface area contributed by atoms with Crippen molar-refractivity contribution >= 4 is 15.7 Å². The largest absolute Gasteiger partial charge is 0.494 e. The SMILES string of the molecule is COc1cc(NS(=O)(=O)c2ccccc2-c2ccccc2)ccc1-n1cnc(C)c1. The van der Waals surface area contributed by atoms with Crippen LogP contribution in [0, 0.1) is 6.92 Å². The number of benzene rings is 3. The van der Waals surface area contributed by atoms with Gasteiger partial charge in [0.25, 0.3) is 10.0 Å². The van der Waals surface area contributed by atoms with Gasteiger partial charge in [0.05, 0.1) is 35.4 Å². The number of aryl methyl sites for hydroxylation is 1. The highest BCUT2D eigenvalue weighted by molar-refractivity contribution is 7.92. The van der Waals surface area contributed by atoms with Crippen LogP contribution in [0.3, 0.4) is 0 Å². The van der Waals surface area contributed by atoms with Crippen molar-refractivity contribution in [3.05, 3.63) is 91.0 Å². The molecule has 4 rings (SSSR count). The first-order valence-electron chi connectivity index (χ1n) is 9.34. The zero-order valence-electron chi connectivity index (χ0n) is 16.6. The van der Waals surface area contributed by atoms with Gasteiger partial charge in [0.1, 0.15) is 5.75 Å². The highest BCUT2D eigenvalue weighted by Gasteiger charge is 2.20. The Morgan fingerprint density at radius 3 is 2.40 bits per heavy atom. The third kappa shape index (κ3) is 3.92. The second-order valence-electron chi connectivity index (χ2n) is 6.78. The van der Waals surface area contributed by atoms with Gasteiger partial charge in [-0.25, -0.2) is 13.4 Å². The van der Waals surface area contributed by atoms with Gasteiger partial charge in [-0.05, 0) is 30.7 Å². The fourth-order valence-electron chi connectivity index (χ4n) is 3.27. The van der Waals surface area contributed by atoms with Crippen molar-refractivity contribution in [2.45, 2.75) is 11.8 Å². The second-order valence-corrected chi connectivity index (χ2v) is 8.43. The quantitative estimate of drug-likeness (QED) is 0.493. The molecule has 0 saturated carbocycles. The molecule has 0 aliphatic heterocycles. The number of anilines is 1. The summed E-state index contributed by atoms with van der Waals surface area (Å²) >= 11 is 0. The standard InChI is InChI=1S/C23H21N3O3S/c1-17-15-26(16-24-17)21-13-12-19(14-22(21)29-2)25-30(27,28)23-11-7-6-10-20(23)18-8-4-3-5-9-18/h3-16,25H,1-2H3. The maximum Gasteiger partial charge on any atom is 0.262 e. The fourth-order valence-corrected chi connectivity index (χ4v) is 4.56. The first-order valence-corrected chi connectivity index (χ1v) is 10.8. The summed E-state index contributed by atoms with van der Waals surface area (Å²) in [5.41, 5.74) is 3.53. The minimum absolute atomic E-state index is 0.212. The van der Waals surface area contributed by atoms with E-state index < -0.39 is 10.0 Å². The summed E-state index contributed by atoms with van der Waals surface area (Å²) in [6.07, 6.45) is 3.56. The molecule has 0 bridgehead atoms. The van der Waals surface area contributed by atoms with Crippen molar-refractivity contribution in [3.8, 4) is 22.6 Å². The van der Waals surface area contributed by atoms with E-state index in [-0.39, 0.29) is 4.90 Å². The van der Waals surface area contributed by atoms with Crippen LogP contribution in [-0.4, -0.2) is 25.1 Å². The fraction of sp³-hybridized carbons (Fsp3) is 0.0870. The van der Waals surface area contributed by atoms with Gasteiger partial charge in [0.2, 0.25) is 0 Å². The van der Waals surface area contributed by atoms with Crippen LogP contribution in [0.4, 0.5) is 5.69 Å². The molecule has 6 nitrogen and oxygen atoms in total. The second kappa shape index (κ2) is 8.04. The summed E-state index contributed by atoms with van der Waals surface area (Å²) < 4.78 is 36.4. The van der Waals surface area contributed by atoms with Crippen LogP contribution in [-0.2, 0) is 10.0 Å². The van der Waals surface area contributed by atoms with Gasteiger partial charge in [0.15, 0.2) is 0 Å². The molecule has 0 unspecified atom stereocenters. The lowest BCUT2D eigenvalue weighted by atomic mass is 10.1. The molecule has 1 N–H and O–H groups in total.